The van der Waals surface area contributed by atoms with Crippen LogP contribution in [0.3, 0.4) is 0 Å². The van der Waals surface area contributed by atoms with Crippen LogP contribution in [0.2, 0.25) is 0 Å². The minimum absolute atomic E-state index is 0.365. The molecule has 25 heavy (non-hydrogen) atoms. The number of fused-ring (bicyclic) bond motifs is 3. The average molecular weight is 347 g/mol. The number of hydrogen-bond donors (Lipinski definition) is 1. The Balaban J connectivity index is 1.22. The van der Waals surface area contributed by atoms with E-state index in [2.05, 4.69) is 48.6 Å². The van der Waals surface area contributed by atoms with Crippen molar-refractivity contribution in [3.05, 3.63) is 24.0 Å². The highest BCUT2D eigenvalue weighted by Gasteiger charge is 2.54. The van der Waals surface area contributed by atoms with Gasteiger partial charge in [0.1, 0.15) is 0 Å². The molecule has 3 saturated carbocycles. The summed E-state index contributed by atoms with van der Waals surface area (Å²) in [7, 11) is 0. The van der Waals surface area contributed by atoms with E-state index in [1.54, 1.807) is 0 Å². The Morgan fingerprint density at radius 2 is 2.16 bits per heavy atom. The van der Waals surface area contributed by atoms with Crippen molar-refractivity contribution in [1.29, 1.82) is 0 Å². The Labute approximate surface area is 152 Å². The first-order valence-corrected chi connectivity index (χ1v) is 10.1. The molecular formula is C21H34N2O2. The molecule has 1 N–H and O–H groups in total. The molecule has 0 spiro atoms. The second-order valence-electron chi connectivity index (χ2n) is 9.19. The second kappa shape index (κ2) is 6.71. The van der Waals surface area contributed by atoms with Gasteiger partial charge in [-0.2, -0.15) is 0 Å². The van der Waals surface area contributed by atoms with Gasteiger partial charge in [0.05, 0.1) is 12.7 Å². The highest BCUT2D eigenvalue weighted by atomic mass is 16.5. The van der Waals surface area contributed by atoms with E-state index in [-0.39, 0.29) is 0 Å². The van der Waals surface area contributed by atoms with Crippen LogP contribution in [0.15, 0.2) is 18.3 Å². The van der Waals surface area contributed by atoms with Crippen molar-refractivity contribution in [2.45, 2.75) is 58.7 Å². The first-order chi connectivity index (χ1) is 12.0. The summed E-state index contributed by atoms with van der Waals surface area (Å²) in [6.07, 6.45) is 5.84. The maximum Gasteiger partial charge on any atom is 0.0900 e. The predicted octanol–water partition coefficient (Wildman–Crippen LogP) is 3.31. The molecule has 2 bridgehead atoms. The number of aliphatic hydroxyl groups excluding tert-OH is 1. The van der Waals surface area contributed by atoms with Gasteiger partial charge in [0.25, 0.3) is 0 Å². The Hall–Kier alpha value is -0.840. The summed E-state index contributed by atoms with van der Waals surface area (Å²) < 4.78 is 8.29. The predicted molar refractivity (Wildman–Crippen MR) is 99.3 cm³/mol. The van der Waals surface area contributed by atoms with Crippen LogP contribution in [0.4, 0.5) is 0 Å². The normalized spacial score (nSPS) is 35.0. The maximum atomic E-state index is 10.5. The van der Waals surface area contributed by atoms with Crippen molar-refractivity contribution in [2.75, 3.05) is 26.3 Å². The highest BCUT2D eigenvalue weighted by molar-refractivity contribution is 5.13. The first-order valence-electron chi connectivity index (χ1n) is 10.1. The molecule has 3 aliphatic carbocycles. The molecule has 1 aromatic heterocycles. The Morgan fingerprint density at radius 3 is 2.92 bits per heavy atom. The third kappa shape index (κ3) is 3.17. The lowest BCUT2D eigenvalue weighted by Crippen LogP contribution is -2.53. The summed E-state index contributed by atoms with van der Waals surface area (Å²) in [5.74, 6) is 2.47. The summed E-state index contributed by atoms with van der Waals surface area (Å²) in [4.78, 5) is 2.38. The van der Waals surface area contributed by atoms with Gasteiger partial charge in [-0.3, -0.25) is 4.90 Å². The van der Waals surface area contributed by atoms with Crippen molar-refractivity contribution in [3.8, 4) is 0 Å². The molecule has 5 atom stereocenters. The van der Waals surface area contributed by atoms with Gasteiger partial charge in [-0.1, -0.05) is 13.8 Å². The van der Waals surface area contributed by atoms with Gasteiger partial charge in [0, 0.05) is 44.2 Å². The molecule has 4 nitrogen and oxygen atoms in total. The molecular weight excluding hydrogens is 312 g/mol. The molecule has 0 radical (unpaired) electrons. The van der Waals surface area contributed by atoms with Crippen LogP contribution < -0.4 is 0 Å². The molecule has 3 fully saturated rings. The quantitative estimate of drug-likeness (QED) is 0.859. The number of hydrogen-bond acceptors (Lipinski definition) is 3. The number of nitrogens with zero attached hydrogens (tertiary/aromatic N) is 2. The third-order valence-corrected chi connectivity index (χ3v) is 7.56. The van der Waals surface area contributed by atoms with Crippen molar-refractivity contribution < 1.29 is 9.84 Å². The molecule has 5 unspecified atom stereocenters. The number of ether oxygens (including phenoxy) is 1. The van der Waals surface area contributed by atoms with E-state index in [4.69, 9.17) is 4.74 Å². The molecule has 0 saturated heterocycles. The van der Waals surface area contributed by atoms with Gasteiger partial charge >= 0.3 is 0 Å². The SMILES string of the molecule is CC1c2cccn2CCN1CC(O)COCC1CCC2CC1C2(C)C. The van der Waals surface area contributed by atoms with E-state index < -0.39 is 6.10 Å². The fourth-order valence-electron chi connectivity index (χ4n) is 5.72. The molecule has 1 aliphatic heterocycles. The fraction of sp³-hybridized carbons (Fsp3) is 0.810. The van der Waals surface area contributed by atoms with Crippen LogP contribution in [0, 0.1) is 23.2 Å². The van der Waals surface area contributed by atoms with Crippen LogP contribution >= 0.6 is 0 Å². The van der Waals surface area contributed by atoms with Crippen LogP contribution in [-0.4, -0.2) is 47.0 Å². The van der Waals surface area contributed by atoms with Crippen molar-refractivity contribution in [3.63, 3.8) is 0 Å². The fourth-order valence-corrected chi connectivity index (χ4v) is 5.72. The Kier molecular flexibility index (Phi) is 4.72. The minimum atomic E-state index is -0.394. The number of aromatic nitrogens is 1. The van der Waals surface area contributed by atoms with E-state index in [1.165, 1.54) is 25.0 Å². The maximum absolute atomic E-state index is 10.5. The summed E-state index contributed by atoms with van der Waals surface area (Å²) in [6.45, 7) is 11.1. The second-order valence-corrected chi connectivity index (χ2v) is 9.19. The van der Waals surface area contributed by atoms with Crippen LogP contribution in [0.5, 0.6) is 0 Å². The number of aliphatic hydroxyl groups is 1. The summed E-state index contributed by atoms with van der Waals surface area (Å²) in [5.41, 5.74) is 1.87. The Bertz CT molecular complexity index is 594. The van der Waals surface area contributed by atoms with Gasteiger partial charge in [-0.25, -0.2) is 0 Å². The molecule has 4 aliphatic rings. The lowest BCUT2D eigenvalue weighted by molar-refractivity contribution is -0.128. The van der Waals surface area contributed by atoms with Crippen molar-refractivity contribution in [2.24, 2.45) is 23.2 Å². The molecule has 1 aromatic rings. The van der Waals surface area contributed by atoms with E-state index in [0.29, 0.717) is 30.5 Å². The van der Waals surface area contributed by atoms with Crippen LogP contribution in [-0.2, 0) is 11.3 Å². The van der Waals surface area contributed by atoms with Gasteiger partial charge in [0.2, 0.25) is 0 Å². The lowest BCUT2D eigenvalue weighted by Gasteiger charge is -2.60. The molecule has 2 heterocycles. The summed E-state index contributed by atoms with van der Waals surface area (Å²) >= 11 is 0. The van der Waals surface area contributed by atoms with Crippen LogP contribution in [0.25, 0.3) is 0 Å². The van der Waals surface area contributed by atoms with E-state index in [9.17, 15) is 5.11 Å². The minimum Gasteiger partial charge on any atom is -0.389 e. The molecule has 0 aromatic carbocycles. The molecule has 4 heteroatoms. The molecule has 140 valence electrons. The van der Waals surface area contributed by atoms with Crippen molar-refractivity contribution >= 4 is 0 Å². The number of rotatable bonds is 6. The topological polar surface area (TPSA) is 37.6 Å². The highest BCUT2D eigenvalue weighted by Crippen LogP contribution is 2.61. The molecule has 5 rings (SSSR count). The van der Waals surface area contributed by atoms with Crippen molar-refractivity contribution in [1.82, 2.24) is 9.47 Å². The van der Waals surface area contributed by atoms with E-state index in [1.807, 2.05) is 0 Å². The Morgan fingerprint density at radius 1 is 1.32 bits per heavy atom. The van der Waals surface area contributed by atoms with Gasteiger partial charge in [-0.05, 0) is 61.5 Å². The van der Waals surface area contributed by atoms with Crippen LogP contribution in [0.1, 0.15) is 51.8 Å². The van der Waals surface area contributed by atoms with Gasteiger partial charge < -0.3 is 14.4 Å². The lowest BCUT2D eigenvalue weighted by atomic mass is 9.46. The van der Waals surface area contributed by atoms with E-state index >= 15 is 0 Å². The first kappa shape index (κ1) is 17.6. The monoisotopic (exact) mass is 346 g/mol. The molecule has 0 amide bonds. The van der Waals surface area contributed by atoms with E-state index in [0.717, 1.165) is 31.5 Å². The largest absolute Gasteiger partial charge is 0.389 e. The third-order valence-electron chi connectivity index (χ3n) is 7.56. The summed E-state index contributed by atoms with van der Waals surface area (Å²) in [6, 6.07) is 4.67. The zero-order valence-electron chi connectivity index (χ0n) is 16.0. The van der Waals surface area contributed by atoms with Gasteiger partial charge in [-0.15, -0.1) is 0 Å². The van der Waals surface area contributed by atoms with Gasteiger partial charge in [0.15, 0.2) is 0 Å². The standard InChI is InChI=1S/C21H34N2O2/c1-15-20-5-4-8-22(20)9-10-23(15)12-18(24)14-25-13-16-6-7-17-11-19(16)21(17,2)3/h4-5,8,15-19,24H,6-7,9-14H2,1-3H3. The average Bonchev–Trinajstić information content (AvgIpc) is 3.07. The smallest absolute Gasteiger partial charge is 0.0900 e. The number of β-amino-alcohol motifs (C(OH)–C–C–N with tert-alkyl or cyclic N) is 1. The zero-order valence-corrected chi connectivity index (χ0v) is 16.0. The zero-order chi connectivity index (χ0) is 17.6. The summed E-state index contributed by atoms with van der Waals surface area (Å²) in [5, 5.41) is 10.5.